The third kappa shape index (κ3) is 2.20. The van der Waals surface area contributed by atoms with Gasteiger partial charge in [-0.25, -0.2) is 9.97 Å². The van der Waals surface area contributed by atoms with Gasteiger partial charge in [-0.3, -0.25) is 0 Å². The van der Waals surface area contributed by atoms with E-state index in [0.717, 1.165) is 12.8 Å². The molecule has 4 rings (SSSR count). The lowest BCUT2D eigenvalue weighted by Crippen LogP contribution is -2.33. The van der Waals surface area contributed by atoms with Crippen LogP contribution in [0.2, 0.25) is 0 Å². The minimum Gasteiger partial charge on any atom is -0.423 e. The topological polar surface area (TPSA) is 123 Å². The molecule has 0 unspecified atom stereocenters. The summed E-state index contributed by atoms with van der Waals surface area (Å²) in [5, 5.41) is 24.5. The van der Waals surface area contributed by atoms with Crippen LogP contribution < -0.4 is 11.2 Å². The Labute approximate surface area is 138 Å². The van der Waals surface area contributed by atoms with Gasteiger partial charge in [0.2, 0.25) is 0 Å². The van der Waals surface area contributed by atoms with E-state index in [1.54, 1.807) is 0 Å². The second-order valence-corrected chi connectivity index (χ2v) is 6.46. The summed E-state index contributed by atoms with van der Waals surface area (Å²) in [4.78, 5) is 8.39. The van der Waals surface area contributed by atoms with Crippen molar-refractivity contribution in [1.29, 1.82) is 0 Å². The molecular weight excluding hydrogens is 309 g/mol. The van der Waals surface area contributed by atoms with E-state index in [1.807, 2.05) is 24.6 Å². The van der Waals surface area contributed by atoms with Gasteiger partial charge in [0.15, 0.2) is 0 Å². The molecule has 0 bridgehead atoms. The van der Waals surface area contributed by atoms with E-state index < -0.39 is 7.12 Å². The molecule has 0 aromatic carbocycles. The van der Waals surface area contributed by atoms with E-state index in [0.29, 0.717) is 39.3 Å². The summed E-state index contributed by atoms with van der Waals surface area (Å²) in [5.41, 5.74) is 8.09. The monoisotopic (exact) mass is 327 g/mol. The van der Waals surface area contributed by atoms with E-state index in [-0.39, 0.29) is 12.0 Å². The van der Waals surface area contributed by atoms with Gasteiger partial charge < -0.3 is 24.9 Å². The number of aromatic nitrogens is 4. The zero-order chi connectivity index (χ0) is 17.0. The fraction of sp³-hybridized carbons (Fsp3) is 0.400. The van der Waals surface area contributed by atoms with Gasteiger partial charge in [-0.05, 0) is 26.7 Å². The first-order valence-electron chi connectivity index (χ1n) is 7.96. The normalized spacial score (nSPS) is 14.7. The molecule has 0 amide bonds. The number of nitrogens with zero attached hydrogens (tertiary/aromatic N) is 4. The van der Waals surface area contributed by atoms with E-state index in [9.17, 15) is 10.0 Å². The average molecular weight is 327 g/mol. The summed E-state index contributed by atoms with van der Waals surface area (Å²) in [6.07, 6.45) is 5.21. The largest absolute Gasteiger partial charge is 0.494 e. The maximum atomic E-state index is 9.86. The number of anilines is 1. The molecule has 1 fully saturated rings. The fourth-order valence-electron chi connectivity index (χ4n) is 3.08. The quantitative estimate of drug-likeness (QED) is 0.606. The summed E-state index contributed by atoms with van der Waals surface area (Å²) in [5.74, 6) is 1.07. The van der Waals surface area contributed by atoms with Gasteiger partial charge >= 0.3 is 7.12 Å². The van der Waals surface area contributed by atoms with Crippen LogP contribution in [0, 0.1) is 0 Å². The average Bonchev–Trinajstić information content (AvgIpc) is 3.14. The zero-order valence-corrected chi connectivity index (χ0v) is 13.5. The standard InChI is InChI=1S/C15H18BN5O3/c1-7(2)21-5-9(10-14(17)18-6-19-15(10)21)12-11(16(22)23)13(24-20-12)8-3-4-8/h5-8,22-23H,3-4H2,1-2H3,(H2,17,18,19). The molecule has 124 valence electrons. The molecule has 1 aliphatic rings. The first-order valence-corrected chi connectivity index (χ1v) is 7.96. The lowest BCUT2D eigenvalue weighted by Gasteiger charge is -2.07. The highest BCUT2D eigenvalue weighted by atomic mass is 16.5. The maximum Gasteiger partial charge on any atom is 0.494 e. The number of nitrogen functional groups attached to an aromatic ring is 1. The molecular formula is C15H18BN5O3. The highest BCUT2D eigenvalue weighted by molar-refractivity contribution is 6.61. The molecule has 0 radical (unpaired) electrons. The van der Waals surface area contributed by atoms with Gasteiger partial charge in [0.05, 0.1) is 10.8 Å². The molecule has 3 aromatic rings. The second kappa shape index (κ2) is 5.32. The third-order valence-corrected chi connectivity index (χ3v) is 4.41. The summed E-state index contributed by atoms with van der Waals surface area (Å²) in [6.45, 7) is 4.06. The minimum absolute atomic E-state index is 0.146. The highest BCUT2D eigenvalue weighted by Gasteiger charge is 2.37. The maximum absolute atomic E-state index is 9.86. The lowest BCUT2D eigenvalue weighted by molar-refractivity contribution is 0.384. The summed E-state index contributed by atoms with van der Waals surface area (Å²) >= 11 is 0. The molecule has 4 N–H and O–H groups in total. The van der Waals surface area contributed by atoms with Gasteiger partial charge in [-0.1, -0.05) is 5.16 Å². The number of hydrogen-bond acceptors (Lipinski definition) is 7. The van der Waals surface area contributed by atoms with Crippen molar-refractivity contribution in [2.24, 2.45) is 0 Å². The van der Waals surface area contributed by atoms with Crippen LogP contribution in [-0.2, 0) is 0 Å². The predicted octanol–water partition coefficient (Wildman–Crippen LogP) is 0.807. The lowest BCUT2D eigenvalue weighted by atomic mass is 9.76. The summed E-state index contributed by atoms with van der Waals surface area (Å²) in [6, 6.07) is 0.146. The van der Waals surface area contributed by atoms with Crippen LogP contribution in [0.4, 0.5) is 5.82 Å². The summed E-state index contributed by atoms with van der Waals surface area (Å²) in [7, 11) is -1.66. The molecule has 0 aliphatic heterocycles. The van der Waals surface area contributed by atoms with Gasteiger partial charge in [-0.15, -0.1) is 0 Å². The number of nitrogens with two attached hydrogens (primary N) is 1. The molecule has 0 spiro atoms. The fourth-order valence-corrected chi connectivity index (χ4v) is 3.08. The van der Waals surface area contributed by atoms with Crippen molar-refractivity contribution < 1.29 is 14.6 Å². The molecule has 3 aromatic heterocycles. The number of rotatable bonds is 4. The highest BCUT2D eigenvalue weighted by Crippen LogP contribution is 2.41. The van der Waals surface area contributed by atoms with Crippen LogP contribution in [0.3, 0.4) is 0 Å². The van der Waals surface area contributed by atoms with Crippen molar-refractivity contribution in [1.82, 2.24) is 19.7 Å². The minimum atomic E-state index is -1.66. The van der Waals surface area contributed by atoms with Gasteiger partial charge in [0.1, 0.15) is 29.2 Å². The third-order valence-electron chi connectivity index (χ3n) is 4.41. The predicted molar refractivity (Wildman–Crippen MR) is 89.6 cm³/mol. The zero-order valence-electron chi connectivity index (χ0n) is 13.5. The van der Waals surface area contributed by atoms with Gasteiger partial charge in [-0.2, -0.15) is 0 Å². The SMILES string of the molecule is CC(C)n1cc(-c2noc(C3CC3)c2B(O)O)c2c(N)ncnc21. The van der Waals surface area contributed by atoms with Crippen LogP contribution in [0.15, 0.2) is 17.0 Å². The van der Waals surface area contributed by atoms with Crippen molar-refractivity contribution in [3.8, 4) is 11.3 Å². The molecule has 1 saturated carbocycles. The summed E-state index contributed by atoms with van der Waals surface area (Å²) < 4.78 is 7.39. The van der Waals surface area contributed by atoms with Crippen molar-refractivity contribution in [2.75, 3.05) is 5.73 Å². The Hall–Kier alpha value is -2.39. The van der Waals surface area contributed by atoms with Crippen LogP contribution in [0.25, 0.3) is 22.3 Å². The molecule has 9 heteroatoms. The Kier molecular flexibility index (Phi) is 3.36. The first kappa shape index (κ1) is 15.2. The molecule has 8 nitrogen and oxygen atoms in total. The molecule has 1 aliphatic carbocycles. The smallest absolute Gasteiger partial charge is 0.423 e. The Morgan fingerprint density at radius 2 is 2.08 bits per heavy atom. The molecule has 0 saturated heterocycles. The van der Waals surface area contributed by atoms with Crippen molar-refractivity contribution in [3.63, 3.8) is 0 Å². The van der Waals surface area contributed by atoms with Gasteiger partial charge in [0, 0.05) is 23.7 Å². The number of fused-ring (bicyclic) bond motifs is 1. The van der Waals surface area contributed by atoms with E-state index >= 15 is 0 Å². The van der Waals surface area contributed by atoms with Crippen LogP contribution in [0.1, 0.15) is 44.4 Å². The van der Waals surface area contributed by atoms with E-state index in [2.05, 4.69) is 15.1 Å². The van der Waals surface area contributed by atoms with E-state index in [1.165, 1.54) is 6.33 Å². The molecule has 3 heterocycles. The molecule has 0 atom stereocenters. The number of hydrogen-bond donors (Lipinski definition) is 3. The van der Waals surface area contributed by atoms with Crippen molar-refractivity contribution in [3.05, 3.63) is 18.3 Å². The van der Waals surface area contributed by atoms with Crippen LogP contribution >= 0.6 is 0 Å². The Balaban J connectivity index is 2.01. The molecule has 24 heavy (non-hydrogen) atoms. The Morgan fingerprint density at radius 1 is 1.33 bits per heavy atom. The van der Waals surface area contributed by atoms with Crippen molar-refractivity contribution in [2.45, 2.75) is 38.6 Å². The Morgan fingerprint density at radius 3 is 2.71 bits per heavy atom. The van der Waals surface area contributed by atoms with Crippen LogP contribution in [0.5, 0.6) is 0 Å². The Bertz CT molecular complexity index is 913. The van der Waals surface area contributed by atoms with E-state index in [4.69, 9.17) is 10.3 Å². The van der Waals surface area contributed by atoms with Crippen molar-refractivity contribution >= 4 is 29.4 Å². The van der Waals surface area contributed by atoms with Crippen LogP contribution in [-0.4, -0.2) is 36.9 Å². The first-order chi connectivity index (χ1) is 11.5. The second-order valence-electron chi connectivity index (χ2n) is 6.46. The van der Waals surface area contributed by atoms with Gasteiger partial charge in [0.25, 0.3) is 0 Å².